The SMILES string of the molecule is OC[C@H]1CC(O)[C@@H](O)CN1CC1CCC2(CC1)CC2. The summed E-state index contributed by atoms with van der Waals surface area (Å²) in [6.45, 7) is 1.57. The fraction of sp³-hybridized carbons (Fsp3) is 1.00. The Balaban J connectivity index is 1.52. The molecule has 2 saturated carbocycles. The Morgan fingerprint density at radius 3 is 2.26 bits per heavy atom. The monoisotopic (exact) mass is 269 g/mol. The first-order valence-corrected chi connectivity index (χ1v) is 7.83. The maximum absolute atomic E-state index is 9.81. The Labute approximate surface area is 115 Å². The van der Waals surface area contributed by atoms with Gasteiger partial charge in [0, 0.05) is 19.1 Å². The van der Waals surface area contributed by atoms with Crippen molar-refractivity contribution >= 4 is 0 Å². The number of hydrogen-bond acceptors (Lipinski definition) is 4. The molecule has 4 heteroatoms. The molecule has 1 aliphatic heterocycles. The average molecular weight is 269 g/mol. The third kappa shape index (κ3) is 2.97. The zero-order valence-electron chi connectivity index (χ0n) is 11.7. The molecule has 0 aromatic rings. The highest BCUT2D eigenvalue weighted by Crippen LogP contribution is 2.57. The van der Waals surface area contributed by atoms with Crippen LogP contribution in [0, 0.1) is 11.3 Å². The first kappa shape index (κ1) is 13.8. The van der Waals surface area contributed by atoms with Gasteiger partial charge in [-0.2, -0.15) is 0 Å². The maximum Gasteiger partial charge on any atom is 0.0926 e. The average Bonchev–Trinajstić information content (AvgIpc) is 3.16. The third-order valence-corrected chi connectivity index (χ3v) is 5.72. The molecule has 1 saturated heterocycles. The van der Waals surface area contributed by atoms with E-state index in [4.69, 9.17) is 0 Å². The summed E-state index contributed by atoms with van der Waals surface area (Å²) < 4.78 is 0. The molecule has 3 atom stereocenters. The van der Waals surface area contributed by atoms with Gasteiger partial charge in [0.2, 0.25) is 0 Å². The van der Waals surface area contributed by atoms with E-state index in [-0.39, 0.29) is 12.6 Å². The third-order valence-electron chi connectivity index (χ3n) is 5.72. The summed E-state index contributed by atoms with van der Waals surface area (Å²) in [5, 5.41) is 29.0. The van der Waals surface area contributed by atoms with Crippen LogP contribution in [0.3, 0.4) is 0 Å². The van der Waals surface area contributed by atoms with Gasteiger partial charge in [0.15, 0.2) is 0 Å². The second-order valence-corrected chi connectivity index (χ2v) is 7.10. The molecule has 3 N–H and O–H groups in total. The molecule has 0 aromatic carbocycles. The van der Waals surface area contributed by atoms with E-state index in [9.17, 15) is 15.3 Å². The van der Waals surface area contributed by atoms with Crippen molar-refractivity contribution in [3.8, 4) is 0 Å². The van der Waals surface area contributed by atoms with Gasteiger partial charge >= 0.3 is 0 Å². The smallest absolute Gasteiger partial charge is 0.0926 e. The lowest BCUT2D eigenvalue weighted by atomic mass is 9.79. The predicted molar refractivity (Wildman–Crippen MR) is 72.7 cm³/mol. The minimum absolute atomic E-state index is 0.0233. The van der Waals surface area contributed by atoms with E-state index in [1.807, 2.05) is 0 Å². The molecule has 110 valence electrons. The van der Waals surface area contributed by atoms with Gasteiger partial charge in [-0.3, -0.25) is 4.90 Å². The van der Waals surface area contributed by atoms with Crippen molar-refractivity contribution in [3.05, 3.63) is 0 Å². The van der Waals surface area contributed by atoms with Crippen LogP contribution in [-0.2, 0) is 0 Å². The number of hydrogen-bond donors (Lipinski definition) is 3. The number of likely N-dealkylation sites (tertiary alicyclic amines) is 1. The van der Waals surface area contributed by atoms with Crippen LogP contribution >= 0.6 is 0 Å². The van der Waals surface area contributed by atoms with Gasteiger partial charge in [0.05, 0.1) is 18.8 Å². The molecule has 19 heavy (non-hydrogen) atoms. The Morgan fingerprint density at radius 2 is 1.68 bits per heavy atom. The number of rotatable bonds is 3. The first-order valence-electron chi connectivity index (χ1n) is 7.83. The summed E-state index contributed by atoms with van der Waals surface area (Å²) in [6, 6.07) is 0.0233. The molecule has 3 rings (SSSR count). The van der Waals surface area contributed by atoms with Crippen LogP contribution in [-0.4, -0.2) is 58.2 Å². The molecule has 4 nitrogen and oxygen atoms in total. The van der Waals surface area contributed by atoms with Crippen molar-refractivity contribution in [1.82, 2.24) is 4.90 Å². The number of β-amino-alcohol motifs (C(OH)–C–C–N with tert-alkyl or cyclic N) is 1. The second kappa shape index (κ2) is 5.32. The quantitative estimate of drug-likeness (QED) is 0.707. The number of aliphatic hydroxyl groups excluding tert-OH is 3. The molecular formula is C15H27NO3. The fourth-order valence-electron chi connectivity index (χ4n) is 3.99. The molecule has 0 aromatic heterocycles. The van der Waals surface area contributed by atoms with Crippen LogP contribution in [0.2, 0.25) is 0 Å². The molecule has 1 spiro atoms. The summed E-state index contributed by atoms with van der Waals surface area (Å²) in [5.74, 6) is 0.711. The molecule has 2 aliphatic carbocycles. The minimum atomic E-state index is -0.672. The van der Waals surface area contributed by atoms with E-state index in [1.165, 1.54) is 38.5 Å². The standard InChI is InChI=1S/C15H27NO3/c17-10-12-7-13(18)14(19)9-16(12)8-11-1-3-15(4-2-11)5-6-15/h11-14,17-19H,1-10H2/t12-,13?,14+/m1/s1. The second-order valence-electron chi connectivity index (χ2n) is 7.10. The van der Waals surface area contributed by atoms with Crippen molar-refractivity contribution < 1.29 is 15.3 Å². The first-order chi connectivity index (χ1) is 9.12. The molecule has 1 heterocycles. The summed E-state index contributed by atoms with van der Waals surface area (Å²) in [4.78, 5) is 2.20. The van der Waals surface area contributed by atoms with Crippen LogP contribution in [0.25, 0.3) is 0 Å². The topological polar surface area (TPSA) is 63.9 Å². The Hall–Kier alpha value is -0.160. The van der Waals surface area contributed by atoms with Gasteiger partial charge in [-0.1, -0.05) is 0 Å². The van der Waals surface area contributed by atoms with Crippen LogP contribution in [0.1, 0.15) is 44.9 Å². The lowest BCUT2D eigenvalue weighted by Gasteiger charge is -2.42. The predicted octanol–water partition coefficient (Wildman–Crippen LogP) is 0.745. The molecule has 3 aliphatic rings. The Bertz CT molecular complexity index is 309. The highest BCUT2D eigenvalue weighted by Gasteiger charge is 2.45. The largest absolute Gasteiger partial charge is 0.395 e. The van der Waals surface area contributed by atoms with E-state index >= 15 is 0 Å². The number of aliphatic hydroxyl groups is 3. The Kier molecular flexibility index (Phi) is 3.87. The van der Waals surface area contributed by atoms with E-state index in [2.05, 4.69) is 4.90 Å². The van der Waals surface area contributed by atoms with Crippen molar-refractivity contribution in [2.75, 3.05) is 19.7 Å². The van der Waals surface area contributed by atoms with Gasteiger partial charge in [-0.05, 0) is 56.3 Å². The molecule has 0 radical (unpaired) electrons. The van der Waals surface area contributed by atoms with Crippen LogP contribution in [0.4, 0.5) is 0 Å². The highest BCUT2D eigenvalue weighted by molar-refractivity contribution is 4.97. The number of piperidine rings is 1. The highest BCUT2D eigenvalue weighted by atomic mass is 16.3. The van der Waals surface area contributed by atoms with Gasteiger partial charge < -0.3 is 15.3 Å². The molecular weight excluding hydrogens is 242 g/mol. The van der Waals surface area contributed by atoms with Crippen molar-refractivity contribution in [2.24, 2.45) is 11.3 Å². The molecule has 3 fully saturated rings. The van der Waals surface area contributed by atoms with Crippen molar-refractivity contribution in [2.45, 2.75) is 63.2 Å². The van der Waals surface area contributed by atoms with E-state index in [0.29, 0.717) is 18.9 Å². The zero-order valence-corrected chi connectivity index (χ0v) is 11.7. The maximum atomic E-state index is 9.81. The Morgan fingerprint density at radius 1 is 1.00 bits per heavy atom. The summed E-state index contributed by atoms with van der Waals surface area (Å²) in [7, 11) is 0. The van der Waals surface area contributed by atoms with Gasteiger partial charge in [-0.25, -0.2) is 0 Å². The fourth-order valence-corrected chi connectivity index (χ4v) is 3.99. The molecule has 0 amide bonds. The van der Waals surface area contributed by atoms with Crippen molar-refractivity contribution in [3.63, 3.8) is 0 Å². The lowest BCUT2D eigenvalue weighted by molar-refractivity contribution is -0.0761. The van der Waals surface area contributed by atoms with Gasteiger partial charge in [0.1, 0.15) is 0 Å². The number of nitrogens with zero attached hydrogens (tertiary/aromatic N) is 1. The van der Waals surface area contributed by atoms with Crippen LogP contribution in [0.15, 0.2) is 0 Å². The normalized spacial score (nSPS) is 39.6. The van der Waals surface area contributed by atoms with Gasteiger partial charge in [-0.15, -0.1) is 0 Å². The molecule has 0 bridgehead atoms. The summed E-state index contributed by atoms with van der Waals surface area (Å²) in [5.41, 5.74) is 0.727. The summed E-state index contributed by atoms with van der Waals surface area (Å²) >= 11 is 0. The van der Waals surface area contributed by atoms with E-state index in [0.717, 1.165) is 12.0 Å². The summed E-state index contributed by atoms with van der Waals surface area (Å²) in [6.07, 6.45) is 7.40. The zero-order chi connectivity index (χ0) is 13.5. The van der Waals surface area contributed by atoms with E-state index in [1.54, 1.807) is 0 Å². The van der Waals surface area contributed by atoms with E-state index < -0.39 is 12.2 Å². The minimum Gasteiger partial charge on any atom is -0.395 e. The van der Waals surface area contributed by atoms with Gasteiger partial charge in [0.25, 0.3) is 0 Å². The lowest BCUT2D eigenvalue weighted by Crippen LogP contribution is -2.54. The van der Waals surface area contributed by atoms with Crippen LogP contribution in [0.5, 0.6) is 0 Å². The van der Waals surface area contributed by atoms with Crippen LogP contribution < -0.4 is 0 Å². The molecule has 1 unspecified atom stereocenters. The van der Waals surface area contributed by atoms with Crippen molar-refractivity contribution in [1.29, 1.82) is 0 Å².